The van der Waals surface area contributed by atoms with Gasteiger partial charge in [0.15, 0.2) is 0 Å². The second kappa shape index (κ2) is 7.76. The molecule has 156 valence electrons. The minimum Gasteiger partial charge on any atom is -0.338 e. The molecular formula is C22H30N4O3. The molecule has 0 bridgehead atoms. The van der Waals surface area contributed by atoms with Crippen LogP contribution in [0.3, 0.4) is 0 Å². The Labute approximate surface area is 172 Å². The summed E-state index contributed by atoms with van der Waals surface area (Å²) in [4.78, 5) is 48.2. The molecule has 0 radical (unpaired) electrons. The van der Waals surface area contributed by atoms with Gasteiger partial charge in [0, 0.05) is 50.9 Å². The number of nitrogens with zero attached hydrogens (tertiary/aromatic N) is 4. The van der Waals surface area contributed by atoms with Crippen molar-refractivity contribution in [3.63, 3.8) is 0 Å². The highest BCUT2D eigenvalue weighted by Gasteiger charge is 2.50. The average molecular weight is 399 g/mol. The van der Waals surface area contributed by atoms with Crippen LogP contribution in [0.1, 0.15) is 44.9 Å². The molecule has 7 heteroatoms. The van der Waals surface area contributed by atoms with Gasteiger partial charge in [-0.25, -0.2) is 0 Å². The predicted octanol–water partition coefficient (Wildman–Crippen LogP) is 1.46. The van der Waals surface area contributed by atoms with Crippen molar-refractivity contribution >= 4 is 17.7 Å². The van der Waals surface area contributed by atoms with Gasteiger partial charge in [-0.3, -0.25) is 19.4 Å². The molecule has 3 aliphatic rings. The van der Waals surface area contributed by atoms with Crippen molar-refractivity contribution in [1.29, 1.82) is 0 Å². The standard InChI is InChI=1S/C22H30N4O3/c1-14(2)9-20-18(10-17-12-25(15(3)27)13-21(28)26(17)20)22(29)24-8-6-19-16(11-24)5-4-7-23-19/h4-5,7,14,17-18,20H,6,8-13H2,1-3H3/t17-,18-,20-/m0/s1. The molecule has 2 fully saturated rings. The summed E-state index contributed by atoms with van der Waals surface area (Å²) in [6, 6.07) is 3.82. The Morgan fingerprint density at radius 1 is 1.24 bits per heavy atom. The minimum absolute atomic E-state index is 0.0226. The fourth-order valence-electron chi connectivity index (χ4n) is 5.20. The van der Waals surface area contributed by atoms with E-state index in [1.165, 1.54) is 6.92 Å². The minimum atomic E-state index is -0.198. The van der Waals surface area contributed by atoms with Crippen molar-refractivity contribution in [2.45, 2.75) is 58.7 Å². The van der Waals surface area contributed by atoms with Gasteiger partial charge >= 0.3 is 0 Å². The van der Waals surface area contributed by atoms with Crippen LogP contribution in [0.5, 0.6) is 0 Å². The highest BCUT2D eigenvalue weighted by atomic mass is 16.2. The van der Waals surface area contributed by atoms with E-state index in [2.05, 4.69) is 18.8 Å². The number of hydrogen-bond donors (Lipinski definition) is 0. The molecule has 0 unspecified atom stereocenters. The molecule has 3 atom stereocenters. The summed E-state index contributed by atoms with van der Waals surface area (Å²) < 4.78 is 0. The van der Waals surface area contributed by atoms with E-state index >= 15 is 0 Å². The van der Waals surface area contributed by atoms with Crippen LogP contribution in [-0.2, 0) is 27.3 Å². The van der Waals surface area contributed by atoms with Crippen LogP contribution in [0.2, 0.25) is 0 Å². The van der Waals surface area contributed by atoms with Gasteiger partial charge in [-0.15, -0.1) is 0 Å². The first-order valence-corrected chi connectivity index (χ1v) is 10.6. The summed E-state index contributed by atoms with van der Waals surface area (Å²) in [7, 11) is 0. The molecule has 2 saturated heterocycles. The molecule has 3 aliphatic heterocycles. The van der Waals surface area contributed by atoms with Gasteiger partial charge in [-0.05, 0) is 30.4 Å². The Balaban J connectivity index is 1.56. The molecule has 29 heavy (non-hydrogen) atoms. The summed E-state index contributed by atoms with van der Waals surface area (Å²) in [6.07, 6.45) is 4.02. The van der Waals surface area contributed by atoms with Crippen molar-refractivity contribution in [2.24, 2.45) is 11.8 Å². The lowest BCUT2D eigenvalue weighted by molar-refractivity contribution is -0.148. The monoisotopic (exact) mass is 398 g/mol. The van der Waals surface area contributed by atoms with Gasteiger partial charge in [0.2, 0.25) is 17.7 Å². The topological polar surface area (TPSA) is 73.8 Å². The highest BCUT2D eigenvalue weighted by molar-refractivity contribution is 5.88. The maximum Gasteiger partial charge on any atom is 0.242 e. The molecule has 0 aliphatic carbocycles. The maximum atomic E-state index is 13.6. The van der Waals surface area contributed by atoms with Crippen molar-refractivity contribution in [2.75, 3.05) is 19.6 Å². The number of carbonyl (C=O) groups is 3. The summed E-state index contributed by atoms with van der Waals surface area (Å²) in [5.74, 6) is 0.232. The van der Waals surface area contributed by atoms with E-state index in [4.69, 9.17) is 0 Å². The molecule has 1 aromatic rings. The average Bonchev–Trinajstić information content (AvgIpc) is 3.05. The van der Waals surface area contributed by atoms with Crippen molar-refractivity contribution in [3.8, 4) is 0 Å². The second-order valence-corrected chi connectivity index (χ2v) is 9.01. The first-order valence-electron chi connectivity index (χ1n) is 10.6. The van der Waals surface area contributed by atoms with Crippen molar-refractivity contribution in [3.05, 3.63) is 29.6 Å². The predicted molar refractivity (Wildman–Crippen MR) is 108 cm³/mol. The quantitative estimate of drug-likeness (QED) is 0.773. The molecule has 7 nitrogen and oxygen atoms in total. The molecule has 1 aromatic heterocycles. The van der Waals surface area contributed by atoms with E-state index in [1.807, 2.05) is 21.9 Å². The number of piperazine rings is 1. The first-order chi connectivity index (χ1) is 13.8. The molecule has 0 saturated carbocycles. The summed E-state index contributed by atoms with van der Waals surface area (Å²) in [6.45, 7) is 7.70. The van der Waals surface area contributed by atoms with Crippen LogP contribution >= 0.6 is 0 Å². The van der Waals surface area contributed by atoms with Gasteiger partial charge < -0.3 is 14.7 Å². The number of aromatic nitrogens is 1. The van der Waals surface area contributed by atoms with E-state index < -0.39 is 0 Å². The zero-order valence-electron chi connectivity index (χ0n) is 17.5. The van der Waals surface area contributed by atoms with E-state index in [1.54, 1.807) is 11.1 Å². The molecule has 4 heterocycles. The third kappa shape index (κ3) is 3.74. The summed E-state index contributed by atoms with van der Waals surface area (Å²) in [5, 5.41) is 0. The van der Waals surface area contributed by atoms with Gasteiger partial charge in [-0.2, -0.15) is 0 Å². The second-order valence-electron chi connectivity index (χ2n) is 9.01. The number of amides is 3. The van der Waals surface area contributed by atoms with E-state index in [0.29, 0.717) is 32.0 Å². The molecule has 3 amide bonds. The number of hydrogen-bond acceptors (Lipinski definition) is 4. The van der Waals surface area contributed by atoms with E-state index in [-0.39, 0.29) is 42.3 Å². The van der Waals surface area contributed by atoms with Crippen molar-refractivity contribution < 1.29 is 14.4 Å². The molecular weight excluding hydrogens is 368 g/mol. The highest BCUT2D eigenvalue weighted by Crippen LogP contribution is 2.38. The SMILES string of the molecule is CC(=O)N1CC(=O)N2[C@@H](C[C@H](C(=O)N3CCc4ncccc4C3)[C@@H]2CC(C)C)C1. The van der Waals surface area contributed by atoms with Crippen LogP contribution in [0.25, 0.3) is 0 Å². The first kappa shape index (κ1) is 19.9. The number of carbonyl (C=O) groups excluding carboxylic acids is 3. The number of rotatable bonds is 3. The van der Waals surface area contributed by atoms with Crippen LogP contribution in [-0.4, -0.2) is 69.1 Å². The summed E-state index contributed by atoms with van der Waals surface area (Å²) in [5.41, 5.74) is 2.19. The third-order valence-electron chi connectivity index (χ3n) is 6.54. The lowest BCUT2D eigenvalue weighted by Gasteiger charge is -2.40. The lowest BCUT2D eigenvalue weighted by Crippen LogP contribution is -2.57. The maximum absolute atomic E-state index is 13.6. The number of pyridine rings is 1. The normalized spacial score (nSPS) is 26.6. The zero-order valence-corrected chi connectivity index (χ0v) is 17.5. The van der Waals surface area contributed by atoms with E-state index in [9.17, 15) is 14.4 Å². The van der Waals surface area contributed by atoms with Crippen LogP contribution in [0, 0.1) is 11.8 Å². The van der Waals surface area contributed by atoms with Gasteiger partial charge in [0.25, 0.3) is 0 Å². The largest absolute Gasteiger partial charge is 0.338 e. The van der Waals surface area contributed by atoms with Crippen LogP contribution < -0.4 is 0 Å². The number of fused-ring (bicyclic) bond motifs is 2. The lowest BCUT2D eigenvalue weighted by atomic mass is 9.90. The van der Waals surface area contributed by atoms with Gasteiger partial charge in [-0.1, -0.05) is 19.9 Å². The fraction of sp³-hybridized carbons (Fsp3) is 0.636. The smallest absolute Gasteiger partial charge is 0.242 e. The zero-order chi connectivity index (χ0) is 20.7. The third-order valence-corrected chi connectivity index (χ3v) is 6.54. The summed E-state index contributed by atoms with van der Waals surface area (Å²) >= 11 is 0. The molecule has 0 spiro atoms. The Kier molecular flexibility index (Phi) is 5.32. The Hall–Kier alpha value is -2.44. The van der Waals surface area contributed by atoms with Crippen LogP contribution in [0.4, 0.5) is 0 Å². The van der Waals surface area contributed by atoms with Gasteiger partial charge in [0.1, 0.15) is 0 Å². The molecule has 4 rings (SSSR count). The molecule has 0 aromatic carbocycles. The van der Waals surface area contributed by atoms with Crippen molar-refractivity contribution in [1.82, 2.24) is 19.7 Å². The Bertz CT molecular complexity index is 824. The van der Waals surface area contributed by atoms with Gasteiger partial charge in [0.05, 0.1) is 18.5 Å². The Morgan fingerprint density at radius 3 is 2.76 bits per heavy atom. The molecule has 0 N–H and O–H groups in total. The Morgan fingerprint density at radius 2 is 2.03 bits per heavy atom. The van der Waals surface area contributed by atoms with Crippen LogP contribution in [0.15, 0.2) is 18.3 Å². The fourth-order valence-corrected chi connectivity index (χ4v) is 5.20. The van der Waals surface area contributed by atoms with E-state index in [0.717, 1.165) is 24.1 Å².